The summed E-state index contributed by atoms with van der Waals surface area (Å²) in [5.74, 6) is 0.836. The van der Waals surface area contributed by atoms with Crippen LogP contribution < -0.4 is 21.1 Å². The number of benzene rings is 1. The molecule has 2 aromatic rings. The maximum atomic E-state index is 10.8. The number of nitrogens with zero attached hydrogens (tertiary/aromatic N) is 2. The van der Waals surface area contributed by atoms with Gasteiger partial charge in [-0.2, -0.15) is 0 Å². The molecule has 4 N–H and O–H groups in total. The molecule has 1 aromatic carbocycles. The second-order valence-electron chi connectivity index (χ2n) is 5.75. The maximum Gasteiger partial charge on any atom is 0.255 e. The van der Waals surface area contributed by atoms with Crippen LogP contribution in [0.5, 0.6) is 5.75 Å². The summed E-state index contributed by atoms with van der Waals surface area (Å²) in [7, 11) is 1.74. The number of rotatable bonds is 8. The van der Waals surface area contributed by atoms with E-state index in [4.69, 9.17) is 10.5 Å². The molecule has 0 fully saturated rings. The minimum Gasteiger partial charge on any atom is -0.484 e. The first kappa shape index (κ1) is 19.7. The van der Waals surface area contributed by atoms with Gasteiger partial charge in [-0.3, -0.25) is 9.79 Å². The van der Waals surface area contributed by atoms with Gasteiger partial charge in [-0.25, -0.2) is 4.98 Å². The number of thiazole rings is 1. The van der Waals surface area contributed by atoms with Crippen LogP contribution in [0.3, 0.4) is 0 Å². The van der Waals surface area contributed by atoms with Gasteiger partial charge in [0.15, 0.2) is 12.6 Å². The van der Waals surface area contributed by atoms with Crippen LogP contribution in [0.15, 0.2) is 29.3 Å². The van der Waals surface area contributed by atoms with Gasteiger partial charge in [0.25, 0.3) is 5.91 Å². The zero-order chi connectivity index (χ0) is 18.9. The number of nitrogens with one attached hydrogen (secondary N) is 2. The Balaban J connectivity index is 1.79. The largest absolute Gasteiger partial charge is 0.484 e. The van der Waals surface area contributed by atoms with Gasteiger partial charge >= 0.3 is 0 Å². The predicted octanol–water partition coefficient (Wildman–Crippen LogP) is 1.53. The van der Waals surface area contributed by atoms with E-state index in [1.54, 1.807) is 24.5 Å². The summed E-state index contributed by atoms with van der Waals surface area (Å²) >= 11 is 1.73. The molecule has 0 unspecified atom stereocenters. The van der Waals surface area contributed by atoms with E-state index in [0.29, 0.717) is 12.3 Å². The highest BCUT2D eigenvalue weighted by Crippen LogP contribution is 2.16. The van der Waals surface area contributed by atoms with E-state index in [1.165, 1.54) is 4.88 Å². The van der Waals surface area contributed by atoms with Crippen LogP contribution in [0.2, 0.25) is 0 Å². The van der Waals surface area contributed by atoms with Crippen molar-refractivity contribution in [3.8, 4) is 5.75 Å². The first-order valence-corrected chi connectivity index (χ1v) is 9.17. The van der Waals surface area contributed by atoms with Gasteiger partial charge in [-0.15, -0.1) is 11.3 Å². The van der Waals surface area contributed by atoms with Gasteiger partial charge in [-0.1, -0.05) is 12.1 Å². The molecule has 0 bridgehead atoms. The Bertz CT molecular complexity index is 753. The number of aromatic nitrogens is 1. The molecule has 7 nitrogen and oxygen atoms in total. The van der Waals surface area contributed by atoms with E-state index in [9.17, 15) is 4.79 Å². The van der Waals surface area contributed by atoms with Crippen LogP contribution in [0.1, 0.15) is 21.1 Å². The van der Waals surface area contributed by atoms with E-state index in [1.807, 2.05) is 25.1 Å². The lowest BCUT2D eigenvalue weighted by molar-refractivity contribution is -0.119. The highest BCUT2D eigenvalue weighted by Gasteiger charge is 2.05. The third-order valence-electron chi connectivity index (χ3n) is 3.67. The maximum absolute atomic E-state index is 10.8. The van der Waals surface area contributed by atoms with Crippen molar-refractivity contribution >= 4 is 23.2 Å². The van der Waals surface area contributed by atoms with Crippen LogP contribution in [-0.4, -0.2) is 37.1 Å². The molecule has 0 aliphatic carbocycles. The van der Waals surface area contributed by atoms with Gasteiger partial charge in [0, 0.05) is 31.4 Å². The average molecular weight is 375 g/mol. The van der Waals surface area contributed by atoms with Crippen LogP contribution in [-0.2, 0) is 17.8 Å². The minimum atomic E-state index is -0.497. The number of nitrogens with two attached hydrogens (primary N) is 1. The molecule has 0 aliphatic rings. The molecule has 1 heterocycles. The lowest BCUT2D eigenvalue weighted by atomic mass is 10.2. The van der Waals surface area contributed by atoms with Gasteiger partial charge in [0.05, 0.1) is 10.7 Å². The average Bonchev–Trinajstić information content (AvgIpc) is 2.94. The zero-order valence-electron chi connectivity index (χ0n) is 15.3. The third kappa shape index (κ3) is 6.36. The Morgan fingerprint density at radius 1 is 1.35 bits per heavy atom. The number of ether oxygens (including phenoxy) is 1. The van der Waals surface area contributed by atoms with Crippen LogP contribution in [0, 0.1) is 13.8 Å². The van der Waals surface area contributed by atoms with Crippen molar-refractivity contribution in [1.29, 1.82) is 0 Å². The number of aryl methyl sites for hydroxylation is 2. The van der Waals surface area contributed by atoms with Gasteiger partial charge in [0.1, 0.15) is 5.75 Å². The summed E-state index contributed by atoms with van der Waals surface area (Å²) in [5.41, 5.74) is 7.21. The van der Waals surface area contributed by atoms with Crippen molar-refractivity contribution in [3.05, 3.63) is 45.4 Å². The summed E-state index contributed by atoms with van der Waals surface area (Å²) in [6, 6.07) is 7.50. The number of hydrogen-bond donors (Lipinski definition) is 3. The second kappa shape index (κ2) is 9.76. The SMILES string of the molecule is CN=C(NCCc1nc(C)c(C)s1)NCc1cccc(OCC(N)=O)c1. The molecule has 26 heavy (non-hydrogen) atoms. The van der Waals surface area contributed by atoms with Crippen molar-refractivity contribution in [2.24, 2.45) is 10.7 Å². The summed E-state index contributed by atoms with van der Waals surface area (Å²) in [4.78, 5) is 20.8. The predicted molar refractivity (Wildman–Crippen MR) is 105 cm³/mol. The highest BCUT2D eigenvalue weighted by atomic mass is 32.1. The number of carbonyl (C=O) groups excluding carboxylic acids is 1. The summed E-state index contributed by atoms with van der Waals surface area (Å²) in [6.45, 7) is 5.34. The molecule has 0 aliphatic heterocycles. The molecule has 0 spiro atoms. The molecule has 0 saturated carbocycles. The zero-order valence-corrected chi connectivity index (χ0v) is 16.2. The van der Waals surface area contributed by atoms with Gasteiger partial charge in [-0.05, 0) is 31.5 Å². The Morgan fingerprint density at radius 2 is 2.15 bits per heavy atom. The number of hydrogen-bond acceptors (Lipinski definition) is 5. The smallest absolute Gasteiger partial charge is 0.255 e. The quantitative estimate of drug-likeness (QED) is 0.480. The molecule has 1 amide bonds. The lowest BCUT2D eigenvalue weighted by Crippen LogP contribution is -2.37. The first-order valence-electron chi connectivity index (χ1n) is 8.35. The number of aliphatic imine (C=N–C) groups is 1. The lowest BCUT2D eigenvalue weighted by Gasteiger charge is -2.12. The van der Waals surface area contributed by atoms with Crippen molar-refractivity contribution in [3.63, 3.8) is 0 Å². The number of primary amides is 1. The molecular weight excluding hydrogens is 350 g/mol. The molecular formula is C18H25N5O2S. The fourth-order valence-corrected chi connectivity index (χ4v) is 3.17. The molecule has 1 aromatic heterocycles. The van der Waals surface area contributed by atoms with E-state index >= 15 is 0 Å². The Morgan fingerprint density at radius 3 is 2.81 bits per heavy atom. The summed E-state index contributed by atoms with van der Waals surface area (Å²) in [6.07, 6.45) is 0.858. The van der Waals surface area contributed by atoms with Crippen molar-refractivity contribution < 1.29 is 9.53 Å². The van der Waals surface area contributed by atoms with Crippen LogP contribution in [0.4, 0.5) is 0 Å². The van der Waals surface area contributed by atoms with Crippen molar-refractivity contribution in [2.75, 3.05) is 20.2 Å². The standard InChI is InChI=1S/C18H25N5O2S/c1-12-13(2)26-17(23-12)7-8-21-18(20-3)22-10-14-5-4-6-15(9-14)25-11-16(19)24/h4-6,9H,7-8,10-11H2,1-3H3,(H2,19,24)(H2,20,21,22). The molecule has 0 radical (unpaired) electrons. The van der Waals surface area contributed by atoms with Crippen LogP contribution >= 0.6 is 11.3 Å². The van der Waals surface area contributed by atoms with E-state index in [2.05, 4.69) is 27.5 Å². The number of guanidine groups is 1. The first-order chi connectivity index (χ1) is 12.5. The third-order valence-corrected chi connectivity index (χ3v) is 4.80. The summed E-state index contributed by atoms with van der Waals surface area (Å²) < 4.78 is 5.31. The topological polar surface area (TPSA) is 102 Å². The normalized spacial score (nSPS) is 11.3. The monoisotopic (exact) mass is 375 g/mol. The minimum absolute atomic E-state index is 0.129. The van der Waals surface area contributed by atoms with Gasteiger partial charge in [0.2, 0.25) is 0 Å². The van der Waals surface area contributed by atoms with E-state index in [0.717, 1.165) is 35.2 Å². The summed E-state index contributed by atoms with van der Waals surface area (Å²) in [5, 5.41) is 7.67. The Labute approximate surface area is 157 Å². The molecule has 8 heteroatoms. The molecule has 2 rings (SSSR count). The van der Waals surface area contributed by atoms with E-state index < -0.39 is 5.91 Å². The highest BCUT2D eigenvalue weighted by molar-refractivity contribution is 7.11. The van der Waals surface area contributed by atoms with Crippen molar-refractivity contribution in [1.82, 2.24) is 15.6 Å². The second-order valence-corrected chi connectivity index (χ2v) is 7.04. The van der Waals surface area contributed by atoms with Crippen molar-refractivity contribution in [2.45, 2.75) is 26.8 Å². The fourth-order valence-electron chi connectivity index (χ4n) is 2.24. The molecule has 0 saturated heterocycles. The number of amides is 1. The van der Waals surface area contributed by atoms with Gasteiger partial charge < -0.3 is 21.1 Å². The number of carbonyl (C=O) groups is 1. The molecule has 140 valence electrons. The van der Waals surface area contributed by atoms with E-state index in [-0.39, 0.29) is 6.61 Å². The Hall–Kier alpha value is -2.61. The Kier molecular flexibility index (Phi) is 7.40. The van der Waals surface area contributed by atoms with Crippen LogP contribution in [0.25, 0.3) is 0 Å². The molecule has 0 atom stereocenters. The fraction of sp³-hybridized carbons (Fsp3) is 0.389.